The van der Waals surface area contributed by atoms with Gasteiger partial charge >= 0.3 is 0 Å². The fraction of sp³-hybridized carbons (Fsp3) is 0.105. The molecule has 0 fully saturated rings. The minimum Gasteiger partial charge on any atom is -0.124 e. The van der Waals surface area contributed by atoms with Crippen LogP contribution in [0.15, 0.2) is 60.7 Å². The van der Waals surface area contributed by atoms with Crippen molar-refractivity contribution in [3.63, 3.8) is 0 Å². The summed E-state index contributed by atoms with van der Waals surface area (Å²) in [5, 5.41) is 0. The average molecular weight is 273 g/mol. The number of nitrogens with zero attached hydrogens (tertiary/aromatic N) is 2. The van der Waals surface area contributed by atoms with Gasteiger partial charge in [-0.3, -0.25) is 0 Å². The van der Waals surface area contributed by atoms with Gasteiger partial charge in [0.15, 0.2) is 7.05 Å². The lowest BCUT2D eigenvalue weighted by Gasteiger charge is -1.99. The molecule has 0 unspecified atom stereocenters. The van der Waals surface area contributed by atoms with E-state index in [9.17, 15) is 0 Å². The Kier molecular flexibility index (Phi) is 2.74. The predicted molar refractivity (Wildman–Crippen MR) is 85.1 cm³/mol. The van der Waals surface area contributed by atoms with Crippen LogP contribution in [0.25, 0.3) is 17.8 Å². The smallest absolute Gasteiger partial charge is 0.124 e. The van der Waals surface area contributed by atoms with Gasteiger partial charge in [-0.25, -0.2) is 0 Å². The van der Waals surface area contributed by atoms with Crippen LogP contribution in [-0.4, -0.2) is 4.68 Å². The number of para-hydroxylation sites is 1. The van der Waals surface area contributed by atoms with E-state index in [2.05, 4.69) is 83.2 Å². The van der Waals surface area contributed by atoms with Crippen molar-refractivity contribution in [3.05, 3.63) is 83.2 Å². The molecule has 1 aliphatic rings. The van der Waals surface area contributed by atoms with E-state index < -0.39 is 0 Å². The number of fused-ring (bicyclic) bond motifs is 3. The Hall–Kier alpha value is -2.61. The van der Waals surface area contributed by atoms with Gasteiger partial charge in [0.05, 0.1) is 5.69 Å². The van der Waals surface area contributed by atoms with E-state index >= 15 is 0 Å². The summed E-state index contributed by atoms with van der Waals surface area (Å²) in [6.45, 7) is 0. The molecule has 2 heterocycles. The van der Waals surface area contributed by atoms with Gasteiger partial charge in [0, 0.05) is 18.6 Å². The van der Waals surface area contributed by atoms with Crippen molar-refractivity contribution in [2.75, 3.05) is 0 Å². The summed E-state index contributed by atoms with van der Waals surface area (Å²) < 4.78 is 4.53. The van der Waals surface area contributed by atoms with E-state index in [-0.39, 0.29) is 0 Å². The molecule has 0 saturated carbocycles. The van der Waals surface area contributed by atoms with Crippen molar-refractivity contribution in [3.8, 4) is 5.69 Å². The van der Waals surface area contributed by atoms with E-state index in [4.69, 9.17) is 0 Å². The molecule has 21 heavy (non-hydrogen) atoms. The van der Waals surface area contributed by atoms with Crippen molar-refractivity contribution in [2.45, 2.75) is 6.42 Å². The largest absolute Gasteiger partial charge is 0.231 e. The SMILES string of the molecule is C[n+]1c(/C=C/c2ccccc2)cc2n1-c1ccccc1C2. The molecule has 0 bridgehead atoms. The Labute approximate surface area is 124 Å². The fourth-order valence-electron chi connectivity index (χ4n) is 3.04. The van der Waals surface area contributed by atoms with Crippen molar-refractivity contribution in [2.24, 2.45) is 7.05 Å². The van der Waals surface area contributed by atoms with E-state index in [0.717, 1.165) is 6.42 Å². The maximum Gasteiger partial charge on any atom is 0.231 e. The van der Waals surface area contributed by atoms with Gasteiger partial charge < -0.3 is 0 Å². The Morgan fingerprint density at radius 2 is 1.71 bits per heavy atom. The molecule has 2 aromatic carbocycles. The Morgan fingerprint density at radius 1 is 0.952 bits per heavy atom. The topological polar surface area (TPSA) is 8.81 Å². The normalized spacial score (nSPS) is 12.6. The molecule has 1 aliphatic heterocycles. The first-order valence-corrected chi connectivity index (χ1v) is 7.25. The first-order chi connectivity index (χ1) is 10.3. The minimum atomic E-state index is 1.02. The van der Waals surface area contributed by atoms with Gasteiger partial charge in [-0.2, -0.15) is 0 Å². The molecule has 3 aromatic rings. The van der Waals surface area contributed by atoms with E-state index in [1.54, 1.807) is 0 Å². The highest BCUT2D eigenvalue weighted by molar-refractivity contribution is 5.67. The highest BCUT2D eigenvalue weighted by atomic mass is 15.4. The average Bonchev–Trinajstić information content (AvgIpc) is 3.03. The maximum absolute atomic E-state index is 2.31. The third-order valence-corrected chi connectivity index (χ3v) is 4.10. The van der Waals surface area contributed by atoms with Crippen molar-refractivity contribution in [1.29, 1.82) is 0 Å². The molecule has 0 aliphatic carbocycles. The molecular weight excluding hydrogens is 256 g/mol. The van der Waals surface area contributed by atoms with Gasteiger partial charge in [0.25, 0.3) is 0 Å². The highest BCUT2D eigenvalue weighted by Crippen LogP contribution is 2.26. The summed E-state index contributed by atoms with van der Waals surface area (Å²) in [7, 11) is 2.12. The Balaban J connectivity index is 1.74. The molecule has 2 nitrogen and oxygen atoms in total. The molecule has 0 atom stereocenters. The molecule has 0 spiro atoms. The molecule has 0 amide bonds. The number of rotatable bonds is 2. The molecule has 0 N–H and O–H groups in total. The Morgan fingerprint density at radius 3 is 2.57 bits per heavy atom. The third kappa shape index (κ3) is 2.00. The first-order valence-electron chi connectivity index (χ1n) is 7.25. The van der Waals surface area contributed by atoms with Crippen LogP contribution in [-0.2, 0) is 13.5 Å². The van der Waals surface area contributed by atoms with Crippen molar-refractivity contribution >= 4 is 12.2 Å². The summed E-state index contributed by atoms with van der Waals surface area (Å²) in [5.74, 6) is 0. The summed E-state index contributed by atoms with van der Waals surface area (Å²) in [6, 6.07) is 21.3. The van der Waals surface area contributed by atoms with Crippen LogP contribution in [0.3, 0.4) is 0 Å². The molecule has 102 valence electrons. The van der Waals surface area contributed by atoms with Gasteiger partial charge in [-0.1, -0.05) is 48.5 Å². The maximum atomic E-state index is 2.31. The zero-order valence-corrected chi connectivity index (χ0v) is 12.0. The molecule has 4 rings (SSSR count). The highest BCUT2D eigenvalue weighted by Gasteiger charge is 2.27. The van der Waals surface area contributed by atoms with Crippen LogP contribution >= 0.6 is 0 Å². The molecule has 0 radical (unpaired) electrons. The second-order valence-corrected chi connectivity index (χ2v) is 5.45. The van der Waals surface area contributed by atoms with E-state index in [1.807, 2.05) is 6.07 Å². The zero-order chi connectivity index (χ0) is 14.2. The summed E-state index contributed by atoms with van der Waals surface area (Å²) in [4.78, 5) is 0. The second kappa shape index (κ2) is 4.74. The number of hydrogen-bond donors (Lipinski definition) is 0. The van der Waals surface area contributed by atoms with E-state index in [0.29, 0.717) is 0 Å². The van der Waals surface area contributed by atoms with Gasteiger partial charge in [0.2, 0.25) is 5.69 Å². The van der Waals surface area contributed by atoms with Crippen LogP contribution in [0.4, 0.5) is 0 Å². The minimum absolute atomic E-state index is 1.02. The summed E-state index contributed by atoms with van der Waals surface area (Å²) >= 11 is 0. The van der Waals surface area contributed by atoms with Crippen LogP contribution in [0.2, 0.25) is 0 Å². The van der Waals surface area contributed by atoms with Crippen LogP contribution in [0.1, 0.15) is 22.5 Å². The van der Waals surface area contributed by atoms with Gasteiger partial charge in [-0.05, 0) is 23.3 Å². The third-order valence-electron chi connectivity index (χ3n) is 4.10. The molecule has 0 saturated heterocycles. The monoisotopic (exact) mass is 273 g/mol. The second-order valence-electron chi connectivity index (χ2n) is 5.45. The number of hydrogen-bond acceptors (Lipinski definition) is 0. The lowest BCUT2D eigenvalue weighted by Crippen LogP contribution is -2.39. The first kappa shape index (κ1) is 12.2. The fourth-order valence-corrected chi connectivity index (χ4v) is 3.04. The number of aromatic nitrogens is 2. The van der Waals surface area contributed by atoms with Crippen molar-refractivity contribution in [1.82, 2.24) is 4.68 Å². The number of benzene rings is 2. The quantitative estimate of drug-likeness (QED) is 0.495. The lowest BCUT2D eigenvalue weighted by atomic mass is 10.1. The Bertz CT molecular complexity index is 826. The standard InChI is InChI=1S/C19H17N2/c1-20-17(12-11-15-7-3-2-4-8-15)14-18-13-16-9-5-6-10-19(16)21(18)20/h2-12,14H,13H2,1H3/q+1/b12-11+. The molecule has 2 heteroatoms. The van der Waals surface area contributed by atoms with Crippen LogP contribution in [0, 0.1) is 0 Å². The van der Waals surface area contributed by atoms with Gasteiger partial charge in [0.1, 0.15) is 5.69 Å². The predicted octanol–water partition coefficient (Wildman–Crippen LogP) is 3.38. The van der Waals surface area contributed by atoms with Crippen LogP contribution in [0.5, 0.6) is 0 Å². The zero-order valence-electron chi connectivity index (χ0n) is 12.0. The molecule has 1 aromatic heterocycles. The molecular formula is C19H17N2+. The van der Waals surface area contributed by atoms with E-state index in [1.165, 1.54) is 28.2 Å². The summed E-state index contributed by atoms with van der Waals surface area (Å²) in [6.07, 6.45) is 5.36. The van der Waals surface area contributed by atoms with Crippen molar-refractivity contribution < 1.29 is 4.68 Å². The lowest BCUT2D eigenvalue weighted by molar-refractivity contribution is -0.745. The summed E-state index contributed by atoms with van der Waals surface area (Å²) in [5.41, 5.74) is 6.51. The van der Waals surface area contributed by atoms with Gasteiger partial charge in [-0.15, -0.1) is 9.36 Å². The van der Waals surface area contributed by atoms with Crippen LogP contribution < -0.4 is 4.68 Å².